The largest absolute Gasteiger partial charge is 0.456 e. The second kappa shape index (κ2) is 14.7. The maximum atomic E-state index is 6.56. The Kier molecular flexibility index (Phi) is 8.42. The molecule has 0 N–H and O–H groups in total. The van der Waals surface area contributed by atoms with E-state index in [9.17, 15) is 0 Å². The van der Waals surface area contributed by atoms with Gasteiger partial charge in [-0.15, -0.1) is 0 Å². The summed E-state index contributed by atoms with van der Waals surface area (Å²) in [5.74, 6) is 1.67. The number of furan rings is 2. The van der Waals surface area contributed by atoms with Gasteiger partial charge >= 0.3 is 0 Å². The Labute approximate surface area is 357 Å². The molecule has 12 aromatic rings. The summed E-state index contributed by atoms with van der Waals surface area (Å²) in [5.41, 5.74) is 14.7. The number of nitrogens with zero attached hydrogens (tertiary/aromatic N) is 3. The van der Waals surface area contributed by atoms with Crippen LogP contribution >= 0.6 is 0 Å². The van der Waals surface area contributed by atoms with Gasteiger partial charge in [0.1, 0.15) is 22.3 Å². The predicted octanol–water partition coefficient (Wildman–Crippen LogP) is 15.3. The van der Waals surface area contributed by atoms with Crippen molar-refractivity contribution in [3.63, 3.8) is 0 Å². The third-order valence-corrected chi connectivity index (χ3v) is 11.8. The molecule has 0 bridgehead atoms. The van der Waals surface area contributed by atoms with Crippen LogP contribution in [0.15, 0.2) is 221 Å². The summed E-state index contributed by atoms with van der Waals surface area (Å²) in [6.45, 7) is 0. The highest BCUT2D eigenvalue weighted by Gasteiger charge is 2.22. The normalized spacial score (nSPS) is 11.5. The van der Waals surface area contributed by atoms with Crippen LogP contribution in [0.25, 0.3) is 123 Å². The molecule has 62 heavy (non-hydrogen) atoms. The van der Waals surface area contributed by atoms with Crippen molar-refractivity contribution in [3.05, 3.63) is 212 Å². The molecule has 0 radical (unpaired) electrons. The van der Waals surface area contributed by atoms with Crippen LogP contribution in [0.1, 0.15) is 0 Å². The van der Waals surface area contributed by atoms with Crippen LogP contribution in [0.3, 0.4) is 0 Å². The van der Waals surface area contributed by atoms with Crippen molar-refractivity contribution in [1.82, 2.24) is 15.0 Å². The lowest BCUT2D eigenvalue weighted by molar-refractivity contribution is 0.668. The standard InChI is InChI=1S/C57H35N3O2/c1-4-15-36(16-5-1)39-21-12-22-40(33-39)42-30-32-50-48(35-42)54-46(26-14-28-52(54)62-50)57-59-55(44-24-11-10-23-43(44)38-19-8-3-9-20-38)58-56(60-57)45-25-13-27-51-53(45)47-34-41(29-31-49(47)61-51)37-17-6-2-7-18-37/h1-35H. The maximum absolute atomic E-state index is 6.56. The summed E-state index contributed by atoms with van der Waals surface area (Å²) in [7, 11) is 0. The van der Waals surface area contributed by atoms with Crippen molar-refractivity contribution in [2.45, 2.75) is 0 Å². The summed E-state index contributed by atoms with van der Waals surface area (Å²) >= 11 is 0. The van der Waals surface area contributed by atoms with E-state index in [1.807, 2.05) is 48.5 Å². The summed E-state index contributed by atoms with van der Waals surface area (Å²) in [6.07, 6.45) is 0. The fraction of sp³-hybridized carbons (Fsp3) is 0. The van der Waals surface area contributed by atoms with Gasteiger partial charge in [-0.2, -0.15) is 0 Å². The number of benzene rings is 9. The van der Waals surface area contributed by atoms with Gasteiger partial charge in [-0.1, -0.05) is 170 Å². The molecule has 0 atom stereocenters. The van der Waals surface area contributed by atoms with Crippen LogP contribution in [-0.2, 0) is 0 Å². The lowest BCUT2D eigenvalue weighted by Gasteiger charge is -2.13. The minimum atomic E-state index is 0.549. The highest BCUT2D eigenvalue weighted by atomic mass is 16.3. The molecular weight excluding hydrogens is 759 g/mol. The van der Waals surface area contributed by atoms with E-state index in [1.165, 1.54) is 11.1 Å². The second-order valence-electron chi connectivity index (χ2n) is 15.5. The van der Waals surface area contributed by atoms with Crippen LogP contribution in [0.2, 0.25) is 0 Å². The second-order valence-corrected chi connectivity index (χ2v) is 15.5. The Balaban J connectivity index is 1.09. The van der Waals surface area contributed by atoms with Crippen molar-refractivity contribution in [2.24, 2.45) is 0 Å². The quantitative estimate of drug-likeness (QED) is 0.161. The van der Waals surface area contributed by atoms with E-state index in [4.69, 9.17) is 23.8 Å². The van der Waals surface area contributed by atoms with E-state index in [1.54, 1.807) is 0 Å². The van der Waals surface area contributed by atoms with E-state index < -0.39 is 0 Å². The fourth-order valence-corrected chi connectivity index (χ4v) is 8.81. The molecule has 3 heterocycles. The molecule has 9 aromatic carbocycles. The van der Waals surface area contributed by atoms with Gasteiger partial charge in [-0.05, 0) is 87.0 Å². The molecule has 0 aliphatic rings. The molecule has 3 aromatic heterocycles. The molecule has 0 spiro atoms. The monoisotopic (exact) mass is 793 g/mol. The molecule has 0 saturated carbocycles. The molecule has 0 unspecified atom stereocenters. The van der Waals surface area contributed by atoms with Crippen LogP contribution in [-0.4, -0.2) is 15.0 Å². The van der Waals surface area contributed by atoms with Crippen LogP contribution < -0.4 is 0 Å². The van der Waals surface area contributed by atoms with Crippen LogP contribution in [0.5, 0.6) is 0 Å². The Hall–Kier alpha value is -8.41. The molecule has 0 amide bonds. The lowest BCUT2D eigenvalue weighted by atomic mass is 9.97. The smallest absolute Gasteiger partial charge is 0.164 e. The van der Waals surface area contributed by atoms with Crippen molar-refractivity contribution in [1.29, 1.82) is 0 Å². The third-order valence-electron chi connectivity index (χ3n) is 11.8. The Bertz CT molecular complexity index is 3630. The zero-order valence-electron chi connectivity index (χ0n) is 33.4. The summed E-state index contributed by atoms with van der Waals surface area (Å²) in [4.78, 5) is 16.1. The average molecular weight is 794 g/mol. The summed E-state index contributed by atoms with van der Waals surface area (Å²) in [5, 5.41) is 3.89. The van der Waals surface area contributed by atoms with Gasteiger partial charge in [-0.3, -0.25) is 0 Å². The van der Waals surface area contributed by atoms with Crippen molar-refractivity contribution in [2.75, 3.05) is 0 Å². The first kappa shape index (κ1) is 35.5. The zero-order chi connectivity index (χ0) is 41.0. The summed E-state index contributed by atoms with van der Waals surface area (Å²) in [6, 6.07) is 73.3. The van der Waals surface area contributed by atoms with Gasteiger partial charge in [-0.25, -0.2) is 15.0 Å². The maximum Gasteiger partial charge on any atom is 0.164 e. The molecule has 0 saturated heterocycles. The van der Waals surface area contributed by atoms with Crippen LogP contribution in [0.4, 0.5) is 0 Å². The Morgan fingerprint density at radius 3 is 1.15 bits per heavy atom. The number of hydrogen-bond donors (Lipinski definition) is 0. The first-order valence-electron chi connectivity index (χ1n) is 20.8. The zero-order valence-corrected chi connectivity index (χ0v) is 33.4. The number of aromatic nitrogens is 3. The third kappa shape index (κ3) is 6.14. The lowest BCUT2D eigenvalue weighted by Crippen LogP contribution is -2.01. The van der Waals surface area contributed by atoms with E-state index in [2.05, 4.69) is 164 Å². The molecule has 0 aliphatic heterocycles. The first-order chi connectivity index (χ1) is 30.7. The number of fused-ring (bicyclic) bond motifs is 6. The van der Waals surface area contributed by atoms with E-state index >= 15 is 0 Å². The molecule has 5 nitrogen and oxygen atoms in total. The minimum Gasteiger partial charge on any atom is -0.456 e. The van der Waals surface area contributed by atoms with Gasteiger partial charge in [0.25, 0.3) is 0 Å². The Morgan fingerprint density at radius 2 is 0.613 bits per heavy atom. The fourth-order valence-electron chi connectivity index (χ4n) is 8.81. The van der Waals surface area contributed by atoms with Crippen LogP contribution in [0, 0.1) is 0 Å². The topological polar surface area (TPSA) is 65.0 Å². The molecule has 5 heteroatoms. The van der Waals surface area contributed by atoms with Crippen molar-refractivity contribution < 1.29 is 8.83 Å². The Morgan fingerprint density at radius 1 is 0.242 bits per heavy atom. The minimum absolute atomic E-state index is 0.549. The summed E-state index contributed by atoms with van der Waals surface area (Å²) < 4.78 is 13.1. The molecular formula is C57H35N3O2. The SMILES string of the molecule is c1ccc(-c2cccc(-c3ccc4oc5cccc(-c6nc(-c7ccccc7-c7ccccc7)nc(-c7cccc8oc9ccc(-c%10ccccc%10)cc9c78)n6)c5c4c3)c2)cc1. The van der Waals surface area contributed by atoms with Crippen molar-refractivity contribution in [3.8, 4) is 78.7 Å². The molecule has 12 rings (SSSR count). The van der Waals surface area contributed by atoms with Gasteiger partial charge in [0.15, 0.2) is 17.5 Å². The van der Waals surface area contributed by atoms with Gasteiger partial charge in [0.2, 0.25) is 0 Å². The highest BCUT2D eigenvalue weighted by molar-refractivity contribution is 6.14. The van der Waals surface area contributed by atoms with E-state index in [-0.39, 0.29) is 0 Å². The molecule has 0 fully saturated rings. The van der Waals surface area contributed by atoms with Gasteiger partial charge < -0.3 is 8.83 Å². The predicted molar refractivity (Wildman–Crippen MR) is 252 cm³/mol. The number of rotatable bonds is 7. The highest BCUT2D eigenvalue weighted by Crippen LogP contribution is 2.42. The average Bonchev–Trinajstić information content (AvgIpc) is 3.93. The number of hydrogen-bond acceptors (Lipinski definition) is 5. The first-order valence-corrected chi connectivity index (χ1v) is 20.8. The van der Waals surface area contributed by atoms with Gasteiger partial charge in [0.05, 0.1) is 0 Å². The van der Waals surface area contributed by atoms with E-state index in [0.717, 1.165) is 93.9 Å². The molecule has 0 aliphatic carbocycles. The van der Waals surface area contributed by atoms with Gasteiger partial charge in [0, 0.05) is 38.2 Å². The van der Waals surface area contributed by atoms with E-state index in [0.29, 0.717) is 17.5 Å². The van der Waals surface area contributed by atoms with Crippen molar-refractivity contribution >= 4 is 43.9 Å². The molecule has 290 valence electrons.